The van der Waals surface area contributed by atoms with Crippen LogP contribution in [0.25, 0.3) is 0 Å². The molecule has 6 heteroatoms. The van der Waals surface area contributed by atoms with E-state index >= 15 is 0 Å². The number of hydrogen-bond donors (Lipinski definition) is 2. The van der Waals surface area contributed by atoms with Gasteiger partial charge in [0.2, 0.25) is 5.91 Å². The van der Waals surface area contributed by atoms with Gasteiger partial charge in [-0.3, -0.25) is 4.79 Å². The molecule has 0 aromatic heterocycles. The van der Waals surface area contributed by atoms with Gasteiger partial charge in [-0.15, -0.1) is 0 Å². The molecule has 134 valence electrons. The van der Waals surface area contributed by atoms with Crippen molar-refractivity contribution in [2.45, 2.75) is 24.7 Å². The molecule has 2 N–H and O–H groups in total. The normalized spacial score (nSPS) is 11.1. The van der Waals surface area contributed by atoms with E-state index in [9.17, 15) is 13.2 Å². The molecule has 0 aliphatic carbocycles. The molecule has 0 spiro atoms. The molecule has 0 heterocycles. The molecule has 0 radical (unpaired) electrons. The minimum absolute atomic E-state index is 0.111. The van der Waals surface area contributed by atoms with Crippen molar-refractivity contribution in [3.8, 4) is 0 Å². The van der Waals surface area contributed by atoms with Gasteiger partial charge in [-0.25, -0.2) is 8.42 Å². The summed E-state index contributed by atoms with van der Waals surface area (Å²) < 4.78 is 23.2. The summed E-state index contributed by atoms with van der Waals surface area (Å²) in [4.78, 5) is 12.2. The minimum atomic E-state index is -3.27. The number of nitrogens with one attached hydrogen (secondary N) is 2. The monoisotopic (exact) mass is 360 g/mol. The number of carbonyl (C=O) groups excluding carboxylic acids is 1. The second-order valence-corrected chi connectivity index (χ2v) is 8.06. The van der Waals surface area contributed by atoms with Crippen LogP contribution in [0.15, 0.2) is 53.4 Å². The molecule has 0 aliphatic heterocycles. The van der Waals surface area contributed by atoms with Crippen molar-refractivity contribution in [3.05, 3.63) is 59.7 Å². The summed E-state index contributed by atoms with van der Waals surface area (Å²) in [6, 6.07) is 15.0. The minimum Gasteiger partial charge on any atom is -0.376 e. The first-order chi connectivity index (χ1) is 11.9. The number of carbonyl (C=O) groups is 1. The van der Waals surface area contributed by atoms with Crippen molar-refractivity contribution in [3.63, 3.8) is 0 Å². The van der Waals surface area contributed by atoms with E-state index < -0.39 is 9.84 Å². The summed E-state index contributed by atoms with van der Waals surface area (Å²) in [7, 11) is -3.27. The van der Waals surface area contributed by atoms with Gasteiger partial charge in [-0.1, -0.05) is 36.4 Å². The Hall–Kier alpha value is -2.34. The number of benzene rings is 2. The molecular weight excluding hydrogens is 336 g/mol. The third kappa shape index (κ3) is 6.23. The molecule has 0 fully saturated rings. The van der Waals surface area contributed by atoms with Gasteiger partial charge in [0, 0.05) is 18.5 Å². The lowest BCUT2D eigenvalue weighted by molar-refractivity contribution is -0.119. The molecule has 2 aromatic carbocycles. The Labute approximate surface area is 149 Å². The third-order valence-electron chi connectivity index (χ3n) is 3.88. The van der Waals surface area contributed by atoms with E-state index in [-0.39, 0.29) is 17.3 Å². The molecule has 0 saturated carbocycles. The maximum Gasteiger partial charge on any atom is 0.239 e. The van der Waals surface area contributed by atoms with Crippen LogP contribution in [0, 0.1) is 6.92 Å². The van der Waals surface area contributed by atoms with Crippen molar-refractivity contribution in [1.82, 2.24) is 5.32 Å². The Morgan fingerprint density at radius 2 is 1.80 bits per heavy atom. The lowest BCUT2D eigenvalue weighted by atomic mass is 10.1. The van der Waals surface area contributed by atoms with Gasteiger partial charge in [0.1, 0.15) is 0 Å². The average molecular weight is 360 g/mol. The number of sulfone groups is 1. The van der Waals surface area contributed by atoms with Crippen LogP contribution in [0.4, 0.5) is 5.69 Å². The van der Waals surface area contributed by atoms with Crippen molar-refractivity contribution in [1.29, 1.82) is 0 Å². The molecule has 0 saturated heterocycles. The summed E-state index contributed by atoms with van der Waals surface area (Å²) in [6.07, 6.45) is 2.96. The van der Waals surface area contributed by atoms with Crippen LogP contribution < -0.4 is 10.6 Å². The van der Waals surface area contributed by atoms with E-state index in [1.54, 1.807) is 18.2 Å². The van der Waals surface area contributed by atoms with E-state index in [0.717, 1.165) is 18.4 Å². The van der Waals surface area contributed by atoms with Crippen molar-refractivity contribution in [2.75, 3.05) is 24.7 Å². The van der Waals surface area contributed by atoms with Gasteiger partial charge in [-0.2, -0.15) is 0 Å². The summed E-state index contributed by atoms with van der Waals surface area (Å²) in [6.45, 7) is 2.59. The van der Waals surface area contributed by atoms with Gasteiger partial charge < -0.3 is 10.6 Å². The van der Waals surface area contributed by atoms with Crippen LogP contribution >= 0.6 is 0 Å². The zero-order valence-corrected chi connectivity index (χ0v) is 15.4. The topological polar surface area (TPSA) is 75.3 Å². The highest BCUT2D eigenvalue weighted by molar-refractivity contribution is 7.90. The van der Waals surface area contributed by atoms with Crippen LogP contribution in [-0.2, 0) is 21.1 Å². The SMILES string of the molecule is Cc1ccc(S(C)(=O)=O)cc1NCC(=O)NCCCc1ccccc1. The van der Waals surface area contributed by atoms with Crippen molar-refractivity contribution >= 4 is 21.4 Å². The van der Waals surface area contributed by atoms with Crippen LogP contribution in [0.1, 0.15) is 17.5 Å². The predicted octanol–water partition coefficient (Wildman–Crippen LogP) is 2.56. The number of rotatable bonds is 8. The summed E-state index contributed by atoms with van der Waals surface area (Å²) >= 11 is 0. The fourth-order valence-electron chi connectivity index (χ4n) is 2.43. The maximum atomic E-state index is 11.9. The highest BCUT2D eigenvalue weighted by Gasteiger charge is 2.10. The summed E-state index contributed by atoms with van der Waals surface area (Å²) in [5.41, 5.74) is 2.80. The fraction of sp³-hybridized carbons (Fsp3) is 0.316. The van der Waals surface area contributed by atoms with Gasteiger partial charge in [0.15, 0.2) is 9.84 Å². The van der Waals surface area contributed by atoms with E-state index in [4.69, 9.17) is 0 Å². The fourth-order valence-corrected chi connectivity index (χ4v) is 3.07. The first kappa shape index (κ1) is 19.0. The zero-order chi connectivity index (χ0) is 18.3. The number of amides is 1. The predicted molar refractivity (Wildman–Crippen MR) is 101 cm³/mol. The quantitative estimate of drug-likeness (QED) is 0.710. The molecule has 25 heavy (non-hydrogen) atoms. The highest BCUT2D eigenvalue weighted by atomic mass is 32.2. The van der Waals surface area contributed by atoms with Gasteiger partial charge in [0.25, 0.3) is 0 Å². The number of anilines is 1. The molecule has 1 amide bonds. The summed E-state index contributed by atoms with van der Waals surface area (Å²) in [5.74, 6) is -0.114. The van der Waals surface area contributed by atoms with Crippen LogP contribution in [0.3, 0.4) is 0 Å². The Morgan fingerprint density at radius 1 is 1.08 bits per heavy atom. The molecule has 2 aromatic rings. The molecule has 0 aliphatic rings. The number of aryl methyl sites for hydroxylation is 2. The largest absolute Gasteiger partial charge is 0.376 e. The van der Waals surface area contributed by atoms with Gasteiger partial charge in [-0.05, 0) is 43.0 Å². The van der Waals surface area contributed by atoms with Crippen LogP contribution in [0.5, 0.6) is 0 Å². The standard InChI is InChI=1S/C19H24N2O3S/c1-15-10-11-17(25(2,23)24)13-18(15)21-14-19(22)20-12-6-9-16-7-4-3-5-8-16/h3-5,7-8,10-11,13,21H,6,9,12,14H2,1-2H3,(H,20,22). The van der Waals surface area contributed by atoms with E-state index in [1.165, 1.54) is 11.8 Å². The highest BCUT2D eigenvalue weighted by Crippen LogP contribution is 2.19. The number of hydrogen-bond acceptors (Lipinski definition) is 4. The third-order valence-corrected chi connectivity index (χ3v) is 4.99. The molecule has 5 nitrogen and oxygen atoms in total. The Bertz CT molecular complexity index is 818. The first-order valence-corrected chi connectivity index (χ1v) is 10.1. The van der Waals surface area contributed by atoms with E-state index in [2.05, 4.69) is 22.8 Å². The van der Waals surface area contributed by atoms with E-state index in [0.29, 0.717) is 12.2 Å². The zero-order valence-electron chi connectivity index (χ0n) is 14.6. The van der Waals surface area contributed by atoms with Gasteiger partial charge >= 0.3 is 0 Å². The van der Waals surface area contributed by atoms with Gasteiger partial charge in [0.05, 0.1) is 11.4 Å². The molecular formula is C19H24N2O3S. The van der Waals surface area contributed by atoms with Crippen LogP contribution in [0.2, 0.25) is 0 Å². The lowest BCUT2D eigenvalue weighted by Gasteiger charge is -2.11. The molecule has 0 bridgehead atoms. The first-order valence-electron chi connectivity index (χ1n) is 8.21. The Kier molecular flexibility index (Phi) is 6.58. The Morgan fingerprint density at radius 3 is 2.48 bits per heavy atom. The second kappa shape index (κ2) is 8.67. The summed E-state index contributed by atoms with van der Waals surface area (Å²) in [5, 5.41) is 5.88. The average Bonchev–Trinajstić information content (AvgIpc) is 2.58. The van der Waals surface area contributed by atoms with E-state index in [1.807, 2.05) is 25.1 Å². The molecule has 0 unspecified atom stereocenters. The van der Waals surface area contributed by atoms with Crippen molar-refractivity contribution < 1.29 is 13.2 Å². The molecule has 0 atom stereocenters. The smallest absolute Gasteiger partial charge is 0.239 e. The lowest BCUT2D eigenvalue weighted by Crippen LogP contribution is -2.31. The van der Waals surface area contributed by atoms with Crippen molar-refractivity contribution in [2.24, 2.45) is 0 Å². The Balaban J connectivity index is 1.78. The van der Waals surface area contributed by atoms with Crippen LogP contribution in [-0.4, -0.2) is 33.7 Å². The second-order valence-electron chi connectivity index (χ2n) is 6.04. The molecule has 2 rings (SSSR count). The maximum absolute atomic E-state index is 11.9.